The van der Waals surface area contributed by atoms with Gasteiger partial charge in [-0.3, -0.25) is 24.3 Å². The molecular weight excluding hydrogens is 380 g/mol. The fraction of sp³-hybridized carbons (Fsp3) is 0.500. The summed E-state index contributed by atoms with van der Waals surface area (Å²) in [5.74, 6) is -0.231. The van der Waals surface area contributed by atoms with E-state index in [1.165, 1.54) is 4.68 Å². The normalized spacial score (nSPS) is 10.8. The maximum absolute atomic E-state index is 11.9. The molecule has 0 spiro atoms. The molecule has 1 amide bonds. The number of hydrogen-bond donors (Lipinski definition) is 1. The van der Waals surface area contributed by atoms with Gasteiger partial charge in [0.15, 0.2) is 0 Å². The fourth-order valence-electron chi connectivity index (χ4n) is 2.32. The minimum Gasteiger partial charge on any atom is -0.354 e. The van der Waals surface area contributed by atoms with Crippen molar-refractivity contribution in [2.24, 2.45) is 0 Å². The Morgan fingerprint density at radius 1 is 1.33 bits per heavy atom. The Kier molecular flexibility index (Phi) is 5.71. The summed E-state index contributed by atoms with van der Waals surface area (Å²) in [5, 5.41) is 21.8. The predicted octanol–water partition coefficient (Wildman–Crippen LogP) is 1.88. The number of hydrogen-bond acceptors (Lipinski definition) is 5. The van der Waals surface area contributed by atoms with Gasteiger partial charge in [-0.25, -0.2) is 0 Å². The van der Waals surface area contributed by atoms with Crippen molar-refractivity contribution in [2.75, 3.05) is 6.54 Å². The van der Waals surface area contributed by atoms with E-state index in [2.05, 4.69) is 31.4 Å². The summed E-state index contributed by atoms with van der Waals surface area (Å²) in [5.41, 5.74) is 2.27. The van der Waals surface area contributed by atoms with Crippen molar-refractivity contribution in [3.63, 3.8) is 0 Å². The second kappa shape index (κ2) is 7.56. The second-order valence-electron chi connectivity index (χ2n) is 5.44. The molecule has 0 atom stereocenters. The van der Waals surface area contributed by atoms with Crippen molar-refractivity contribution >= 4 is 27.5 Å². The average Bonchev–Trinajstić information content (AvgIpc) is 3.00. The highest BCUT2D eigenvalue weighted by Gasteiger charge is 2.17. The zero-order valence-corrected chi connectivity index (χ0v) is 15.3. The molecular formula is C14H19BrN6O3. The number of nitro groups is 1. The molecule has 2 aromatic rings. The minimum atomic E-state index is -0.511. The van der Waals surface area contributed by atoms with Crippen LogP contribution in [0.15, 0.2) is 10.7 Å². The van der Waals surface area contributed by atoms with Gasteiger partial charge in [-0.2, -0.15) is 10.2 Å². The first-order valence-corrected chi connectivity index (χ1v) is 8.23. The Labute approximate surface area is 147 Å². The second-order valence-corrected chi connectivity index (χ2v) is 6.23. The Balaban J connectivity index is 1.79. The predicted molar refractivity (Wildman–Crippen MR) is 90.6 cm³/mol. The van der Waals surface area contributed by atoms with Crippen LogP contribution in [0, 0.1) is 30.9 Å². The molecule has 2 rings (SSSR count). The van der Waals surface area contributed by atoms with E-state index >= 15 is 0 Å². The van der Waals surface area contributed by atoms with Crippen molar-refractivity contribution < 1.29 is 9.72 Å². The minimum absolute atomic E-state index is 0.0366. The van der Waals surface area contributed by atoms with Gasteiger partial charge in [-0.1, -0.05) is 0 Å². The van der Waals surface area contributed by atoms with Crippen molar-refractivity contribution in [2.45, 2.75) is 40.3 Å². The van der Waals surface area contributed by atoms with Crippen LogP contribution in [-0.4, -0.2) is 36.9 Å². The number of nitrogens with zero attached hydrogens (tertiary/aromatic N) is 5. The number of aryl methyl sites for hydroxylation is 2. The van der Waals surface area contributed by atoms with Gasteiger partial charge in [0, 0.05) is 18.8 Å². The molecule has 0 aromatic carbocycles. The standard InChI is InChI=1S/C14H19BrN6O3/c1-9-14(15)11(3)19(18-9)6-4-5-16-13(22)8-20-10(2)12(7-17-20)21(23)24/h7H,4-6,8H2,1-3H3,(H,16,22). The smallest absolute Gasteiger partial charge is 0.309 e. The summed E-state index contributed by atoms with van der Waals surface area (Å²) in [4.78, 5) is 22.2. The molecule has 0 radical (unpaired) electrons. The summed E-state index contributed by atoms with van der Waals surface area (Å²) < 4.78 is 4.22. The first-order chi connectivity index (χ1) is 11.3. The molecule has 1 N–H and O–H groups in total. The number of nitrogens with one attached hydrogen (secondary N) is 1. The van der Waals surface area contributed by atoms with E-state index in [9.17, 15) is 14.9 Å². The SMILES string of the molecule is Cc1nn(CCCNC(=O)Cn2ncc([N+](=O)[O-])c2C)c(C)c1Br. The number of amides is 1. The third-order valence-electron chi connectivity index (χ3n) is 3.73. The maximum Gasteiger partial charge on any atom is 0.309 e. The van der Waals surface area contributed by atoms with Crippen LogP contribution in [0.1, 0.15) is 23.5 Å². The van der Waals surface area contributed by atoms with Crippen molar-refractivity contribution in [3.8, 4) is 0 Å². The van der Waals surface area contributed by atoms with Gasteiger partial charge in [-0.15, -0.1) is 0 Å². The molecule has 0 saturated heterocycles. The van der Waals surface area contributed by atoms with Crippen LogP contribution < -0.4 is 5.32 Å². The topological polar surface area (TPSA) is 108 Å². The van der Waals surface area contributed by atoms with Crippen molar-refractivity contribution in [1.82, 2.24) is 24.9 Å². The van der Waals surface area contributed by atoms with Gasteiger partial charge in [0.2, 0.25) is 5.91 Å². The van der Waals surface area contributed by atoms with Gasteiger partial charge in [0.25, 0.3) is 0 Å². The highest BCUT2D eigenvalue weighted by atomic mass is 79.9. The van der Waals surface area contributed by atoms with Crippen LogP contribution >= 0.6 is 15.9 Å². The Morgan fingerprint density at radius 3 is 2.58 bits per heavy atom. The van der Waals surface area contributed by atoms with E-state index in [0.29, 0.717) is 18.8 Å². The molecule has 10 heteroatoms. The summed E-state index contributed by atoms with van der Waals surface area (Å²) in [6, 6.07) is 0. The fourth-order valence-corrected chi connectivity index (χ4v) is 2.60. The molecule has 24 heavy (non-hydrogen) atoms. The Morgan fingerprint density at radius 2 is 2.04 bits per heavy atom. The van der Waals surface area contributed by atoms with Crippen LogP contribution in [0.3, 0.4) is 0 Å². The van der Waals surface area contributed by atoms with Crippen LogP contribution in [0.5, 0.6) is 0 Å². The molecule has 0 bridgehead atoms. The molecule has 0 saturated carbocycles. The van der Waals surface area contributed by atoms with E-state index in [0.717, 1.165) is 28.5 Å². The van der Waals surface area contributed by atoms with Gasteiger partial charge >= 0.3 is 5.69 Å². The molecule has 130 valence electrons. The van der Waals surface area contributed by atoms with E-state index < -0.39 is 4.92 Å². The number of halogens is 1. The monoisotopic (exact) mass is 398 g/mol. The highest BCUT2D eigenvalue weighted by Crippen LogP contribution is 2.19. The first-order valence-electron chi connectivity index (χ1n) is 7.44. The third-order valence-corrected chi connectivity index (χ3v) is 4.88. The summed E-state index contributed by atoms with van der Waals surface area (Å²) in [7, 11) is 0. The zero-order valence-electron chi connectivity index (χ0n) is 13.7. The lowest BCUT2D eigenvalue weighted by atomic mass is 10.3. The summed E-state index contributed by atoms with van der Waals surface area (Å²) in [6.07, 6.45) is 1.89. The molecule has 0 aliphatic rings. The van der Waals surface area contributed by atoms with E-state index in [4.69, 9.17) is 0 Å². The largest absolute Gasteiger partial charge is 0.354 e. The summed E-state index contributed by atoms with van der Waals surface area (Å²) >= 11 is 3.48. The van der Waals surface area contributed by atoms with Crippen LogP contribution in [0.4, 0.5) is 5.69 Å². The third kappa shape index (κ3) is 3.99. The molecule has 0 unspecified atom stereocenters. The molecule has 0 fully saturated rings. The molecule has 9 nitrogen and oxygen atoms in total. The molecule has 0 aliphatic heterocycles. The lowest BCUT2D eigenvalue weighted by Crippen LogP contribution is -2.29. The van der Waals surface area contributed by atoms with Crippen LogP contribution in [-0.2, 0) is 17.9 Å². The number of carbonyl (C=O) groups is 1. The quantitative estimate of drug-likeness (QED) is 0.435. The number of rotatable bonds is 7. The van der Waals surface area contributed by atoms with Crippen molar-refractivity contribution in [3.05, 3.63) is 37.9 Å². The van der Waals surface area contributed by atoms with E-state index in [1.807, 2.05) is 18.5 Å². The Hall–Kier alpha value is -2.23. The van der Waals surface area contributed by atoms with Gasteiger partial charge in [0.05, 0.1) is 15.1 Å². The molecule has 2 aromatic heterocycles. The highest BCUT2D eigenvalue weighted by molar-refractivity contribution is 9.10. The number of carbonyl (C=O) groups excluding carboxylic acids is 1. The van der Waals surface area contributed by atoms with Gasteiger partial charge in [-0.05, 0) is 43.1 Å². The first kappa shape index (κ1) is 18.1. The van der Waals surface area contributed by atoms with E-state index in [1.54, 1.807) is 6.92 Å². The van der Waals surface area contributed by atoms with Crippen molar-refractivity contribution in [1.29, 1.82) is 0 Å². The Bertz CT molecular complexity index is 767. The zero-order chi connectivity index (χ0) is 17.9. The average molecular weight is 399 g/mol. The lowest BCUT2D eigenvalue weighted by Gasteiger charge is -2.07. The molecule has 0 aliphatic carbocycles. The van der Waals surface area contributed by atoms with Crippen LogP contribution in [0.25, 0.3) is 0 Å². The van der Waals surface area contributed by atoms with Gasteiger partial charge < -0.3 is 5.32 Å². The van der Waals surface area contributed by atoms with E-state index in [-0.39, 0.29) is 18.1 Å². The lowest BCUT2D eigenvalue weighted by molar-refractivity contribution is -0.385. The molecule has 2 heterocycles. The van der Waals surface area contributed by atoms with Crippen LogP contribution in [0.2, 0.25) is 0 Å². The number of aromatic nitrogens is 4. The maximum atomic E-state index is 11.9. The van der Waals surface area contributed by atoms with Gasteiger partial charge in [0.1, 0.15) is 18.4 Å². The summed E-state index contributed by atoms with van der Waals surface area (Å²) in [6.45, 7) is 6.64.